The van der Waals surface area contributed by atoms with Crippen molar-refractivity contribution in [3.05, 3.63) is 27.1 Å². The van der Waals surface area contributed by atoms with Crippen LogP contribution >= 0.6 is 39.9 Å². The summed E-state index contributed by atoms with van der Waals surface area (Å²) >= 11 is 9.97. The van der Waals surface area contributed by atoms with Crippen molar-refractivity contribution in [1.29, 1.82) is 0 Å². The quantitative estimate of drug-likeness (QED) is 0.522. The van der Waals surface area contributed by atoms with Crippen molar-refractivity contribution in [3.8, 4) is 11.5 Å². The first-order valence-electron chi connectivity index (χ1n) is 6.67. The first-order valence-corrected chi connectivity index (χ1v) is 8.69. The predicted octanol–water partition coefficient (Wildman–Crippen LogP) is 3.31. The molecule has 8 heteroatoms. The Kier molecular flexibility index (Phi) is 6.46. The first-order chi connectivity index (χ1) is 11.0. The molecule has 0 spiro atoms. The molecule has 2 rings (SSSR count). The van der Waals surface area contributed by atoms with Crippen LogP contribution in [-0.4, -0.2) is 49.6 Å². The highest BCUT2D eigenvalue weighted by molar-refractivity contribution is 9.10. The van der Waals surface area contributed by atoms with Gasteiger partial charge < -0.3 is 14.2 Å². The van der Waals surface area contributed by atoms with Gasteiger partial charge in [0.05, 0.1) is 36.7 Å². The number of thiocarbonyl (C=S) groups is 1. The van der Waals surface area contributed by atoms with Crippen LogP contribution in [0.3, 0.4) is 0 Å². The monoisotopic (exact) mass is 417 g/mol. The van der Waals surface area contributed by atoms with E-state index in [2.05, 4.69) is 15.9 Å². The van der Waals surface area contributed by atoms with Crippen molar-refractivity contribution < 1.29 is 19.0 Å². The van der Waals surface area contributed by atoms with Crippen LogP contribution in [0.5, 0.6) is 11.5 Å². The smallest absolute Gasteiger partial charge is 0.266 e. The van der Waals surface area contributed by atoms with Gasteiger partial charge in [-0.3, -0.25) is 9.69 Å². The Bertz CT molecular complexity index is 663. The number of halogens is 1. The number of methoxy groups -OCH3 is 3. The summed E-state index contributed by atoms with van der Waals surface area (Å²) in [5, 5.41) is 0. The van der Waals surface area contributed by atoms with Crippen molar-refractivity contribution in [2.75, 3.05) is 34.5 Å². The van der Waals surface area contributed by atoms with E-state index in [1.54, 1.807) is 38.4 Å². The van der Waals surface area contributed by atoms with E-state index in [1.165, 1.54) is 11.8 Å². The molecule has 1 aliphatic heterocycles. The molecule has 1 aliphatic rings. The minimum absolute atomic E-state index is 0.119. The predicted molar refractivity (Wildman–Crippen MR) is 99.0 cm³/mol. The molecule has 1 heterocycles. The summed E-state index contributed by atoms with van der Waals surface area (Å²) in [4.78, 5) is 14.5. The van der Waals surface area contributed by atoms with Crippen molar-refractivity contribution >= 4 is 56.2 Å². The van der Waals surface area contributed by atoms with Gasteiger partial charge in [-0.05, 0) is 28.1 Å². The van der Waals surface area contributed by atoms with Crippen LogP contribution in [0.15, 0.2) is 21.5 Å². The Labute approximate surface area is 153 Å². The Morgan fingerprint density at radius 1 is 1.26 bits per heavy atom. The molecular weight excluding hydrogens is 402 g/mol. The number of hydrogen-bond donors (Lipinski definition) is 0. The van der Waals surface area contributed by atoms with Crippen LogP contribution in [0, 0.1) is 0 Å². The van der Waals surface area contributed by atoms with Crippen LogP contribution in [0.2, 0.25) is 0 Å². The van der Waals surface area contributed by atoms with E-state index in [9.17, 15) is 4.79 Å². The van der Waals surface area contributed by atoms with Crippen LogP contribution in [-0.2, 0) is 9.53 Å². The van der Waals surface area contributed by atoms with E-state index in [0.29, 0.717) is 33.9 Å². The maximum Gasteiger partial charge on any atom is 0.266 e. The molecule has 0 atom stereocenters. The van der Waals surface area contributed by atoms with Crippen LogP contribution in [0.4, 0.5) is 0 Å². The molecule has 1 aromatic rings. The maximum atomic E-state index is 12.5. The second-order valence-corrected chi connectivity index (χ2v) is 7.08. The number of thioether (sulfide) groups is 1. The molecule has 0 saturated carbocycles. The minimum atomic E-state index is -0.119. The molecule has 124 valence electrons. The molecule has 1 amide bonds. The average molecular weight is 418 g/mol. The van der Waals surface area contributed by atoms with Crippen LogP contribution < -0.4 is 9.47 Å². The lowest BCUT2D eigenvalue weighted by molar-refractivity contribution is -0.122. The zero-order chi connectivity index (χ0) is 17.0. The standard InChI is InChI=1S/C15H16BrNO4S2/c1-19-5-4-17-14(18)13(23-15(17)22)7-9-6-10(16)12(21-3)8-11(9)20-2/h6-8H,4-5H2,1-3H3. The fraction of sp³-hybridized carbons (Fsp3) is 0.333. The topological polar surface area (TPSA) is 48.0 Å². The SMILES string of the molecule is COCCN1C(=O)C(=Cc2cc(Br)c(OC)cc2OC)SC1=S. The van der Waals surface area contributed by atoms with Gasteiger partial charge in [0.1, 0.15) is 15.8 Å². The summed E-state index contributed by atoms with van der Waals surface area (Å²) in [5.41, 5.74) is 0.771. The lowest BCUT2D eigenvalue weighted by Crippen LogP contribution is -2.31. The number of carbonyl (C=O) groups excluding carboxylic acids is 1. The fourth-order valence-corrected chi connectivity index (χ4v) is 3.84. The molecule has 0 bridgehead atoms. The number of amides is 1. The second kappa shape index (κ2) is 8.14. The minimum Gasteiger partial charge on any atom is -0.496 e. The molecule has 0 aliphatic carbocycles. The Balaban J connectivity index is 2.33. The number of benzene rings is 1. The molecular formula is C15H16BrNO4S2. The molecule has 1 saturated heterocycles. The highest BCUT2D eigenvalue weighted by atomic mass is 79.9. The zero-order valence-electron chi connectivity index (χ0n) is 12.9. The number of hydrogen-bond acceptors (Lipinski definition) is 6. The van der Waals surface area contributed by atoms with Crippen LogP contribution in [0.1, 0.15) is 5.56 Å². The van der Waals surface area contributed by atoms with E-state index < -0.39 is 0 Å². The number of nitrogens with zero attached hydrogens (tertiary/aromatic N) is 1. The van der Waals surface area contributed by atoms with E-state index >= 15 is 0 Å². The molecule has 0 aromatic heterocycles. The van der Waals surface area contributed by atoms with Crippen molar-refractivity contribution in [1.82, 2.24) is 4.90 Å². The molecule has 0 radical (unpaired) electrons. The highest BCUT2D eigenvalue weighted by Crippen LogP contribution is 2.37. The molecule has 1 aromatic carbocycles. The average Bonchev–Trinajstić information content (AvgIpc) is 2.79. The Morgan fingerprint density at radius 2 is 1.96 bits per heavy atom. The number of ether oxygens (including phenoxy) is 3. The summed E-state index contributed by atoms with van der Waals surface area (Å²) in [5.74, 6) is 1.16. The van der Waals surface area contributed by atoms with Gasteiger partial charge in [-0.1, -0.05) is 24.0 Å². The van der Waals surface area contributed by atoms with E-state index in [0.717, 1.165) is 10.0 Å². The van der Waals surface area contributed by atoms with Crippen molar-refractivity contribution in [2.24, 2.45) is 0 Å². The molecule has 5 nitrogen and oxygen atoms in total. The number of rotatable bonds is 6. The summed E-state index contributed by atoms with van der Waals surface area (Å²) in [6, 6.07) is 3.61. The summed E-state index contributed by atoms with van der Waals surface area (Å²) in [6.07, 6.45) is 1.77. The van der Waals surface area contributed by atoms with Gasteiger partial charge in [0.2, 0.25) is 0 Å². The molecule has 0 N–H and O–H groups in total. The lowest BCUT2D eigenvalue weighted by atomic mass is 10.1. The molecule has 0 unspecified atom stereocenters. The van der Waals surface area contributed by atoms with Gasteiger partial charge in [-0.2, -0.15) is 0 Å². The van der Waals surface area contributed by atoms with Crippen molar-refractivity contribution in [2.45, 2.75) is 0 Å². The van der Waals surface area contributed by atoms with Gasteiger partial charge in [0, 0.05) is 18.7 Å². The zero-order valence-corrected chi connectivity index (χ0v) is 16.1. The van der Waals surface area contributed by atoms with Crippen LogP contribution in [0.25, 0.3) is 6.08 Å². The van der Waals surface area contributed by atoms with E-state index in [-0.39, 0.29) is 5.91 Å². The lowest BCUT2D eigenvalue weighted by Gasteiger charge is -2.13. The first kappa shape index (κ1) is 18.3. The Hall–Kier alpha value is -1.09. The van der Waals surface area contributed by atoms with Crippen molar-refractivity contribution in [3.63, 3.8) is 0 Å². The summed E-state index contributed by atoms with van der Waals surface area (Å²) in [7, 11) is 4.75. The third-order valence-electron chi connectivity index (χ3n) is 3.18. The van der Waals surface area contributed by atoms with E-state index in [4.69, 9.17) is 26.4 Å². The van der Waals surface area contributed by atoms with Gasteiger partial charge in [-0.25, -0.2) is 0 Å². The van der Waals surface area contributed by atoms with Gasteiger partial charge >= 0.3 is 0 Å². The highest BCUT2D eigenvalue weighted by Gasteiger charge is 2.31. The molecule has 1 fully saturated rings. The third-order valence-corrected chi connectivity index (χ3v) is 5.18. The molecule has 23 heavy (non-hydrogen) atoms. The third kappa shape index (κ3) is 4.06. The number of carbonyl (C=O) groups is 1. The Morgan fingerprint density at radius 3 is 2.57 bits per heavy atom. The summed E-state index contributed by atoms with van der Waals surface area (Å²) in [6.45, 7) is 0.888. The van der Waals surface area contributed by atoms with Gasteiger partial charge in [-0.15, -0.1) is 0 Å². The summed E-state index contributed by atoms with van der Waals surface area (Å²) < 4.78 is 16.9. The fourth-order valence-electron chi connectivity index (χ4n) is 2.01. The van der Waals surface area contributed by atoms with Gasteiger partial charge in [0.15, 0.2) is 0 Å². The maximum absolute atomic E-state index is 12.5. The normalized spacial score (nSPS) is 16.3. The second-order valence-electron chi connectivity index (χ2n) is 4.55. The van der Waals surface area contributed by atoms with E-state index in [1.807, 2.05) is 6.07 Å². The largest absolute Gasteiger partial charge is 0.496 e. The van der Waals surface area contributed by atoms with Gasteiger partial charge in [0.25, 0.3) is 5.91 Å².